The number of esters is 3. The first kappa shape index (κ1) is 40.9. The molecular formula is C40H48O14. The molecule has 0 unspecified atom stereocenters. The fourth-order valence-corrected chi connectivity index (χ4v) is 6.28. The molecule has 2 fully saturated rings. The predicted molar refractivity (Wildman–Crippen MR) is 189 cm³/mol. The fourth-order valence-electron chi connectivity index (χ4n) is 6.28. The molecule has 14 heteroatoms. The van der Waals surface area contributed by atoms with E-state index in [1.165, 1.54) is 14.0 Å². The number of hydrogen-bond donors (Lipinski definition) is 1. The third kappa shape index (κ3) is 11.6. The molecule has 292 valence electrons. The van der Waals surface area contributed by atoms with Gasteiger partial charge in [0.2, 0.25) is 0 Å². The molecule has 2 heterocycles. The van der Waals surface area contributed by atoms with E-state index in [9.17, 15) is 19.5 Å². The van der Waals surface area contributed by atoms with Crippen molar-refractivity contribution in [2.45, 2.75) is 102 Å². The number of benzene rings is 3. The maximum atomic E-state index is 12.1. The van der Waals surface area contributed by atoms with Crippen LogP contribution in [0.25, 0.3) is 0 Å². The van der Waals surface area contributed by atoms with E-state index in [1.54, 1.807) is 0 Å². The lowest BCUT2D eigenvalue weighted by atomic mass is 9.97. The highest BCUT2D eigenvalue weighted by molar-refractivity contribution is 5.68. The van der Waals surface area contributed by atoms with Gasteiger partial charge in [0.25, 0.3) is 0 Å². The molecule has 5 rings (SSSR count). The van der Waals surface area contributed by atoms with Crippen molar-refractivity contribution in [3.8, 4) is 0 Å². The average Bonchev–Trinajstić information content (AvgIpc) is 3.17. The van der Waals surface area contributed by atoms with E-state index in [2.05, 4.69) is 0 Å². The van der Waals surface area contributed by atoms with Crippen LogP contribution in [-0.4, -0.2) is 105 Å². The van der Waals surface area contributed by atoms with Crippen LogP contribution in [0.5, 0.6) is 0 Å². The Kier molecular flexibility index (Phi) is 15.5. The third-order valence-corrected chi connectivity index (χ3v) is 8.77. The van der Waals surface area contributed by atoms with E-state index in [4.69, 9.17) is 47.4 Å². The SMILES string of the molecule is CO[C@H]1O[C@H](CO[C@@H]2O[C@H](COC(C)=O)[C@@H](OC(C)=O)[C@H](OC(C)=O)[C@H]2O)[C@@H](OCc2ccccc2)[C@H](OCc2ccccc2)[C@H]1OCc1ccccc1. The Hall–Kier alpha value is -4.25. The summed E-state index contributed by atoms with van der Waals surface area (Å²) >= 11 is 0. The van der Waals surface area contributed by atoms with Gasteiger partial charge in [-0.15, -0.1) is 0 Å². The van der Waals surface area contributed by atoms with Crippen LogP contribution in [0, 0.1) is 0 Å². The molecule has 14 nitrogen and oxygen atoms in total. The van der Waals surface area contributed by atoms with E-state index in [1.807, 2.05) is 91.0 Å². The van der Waals surface area contributed by atoms with Crippen molar-refractivity contribution in [2.75, 3.05) is 20.3 Å². The first-order chi connectivity index (χ1) is 26.1. The largest absolute Gasteiger partial charge is 0.463 e. The quantitative estimate of drug-likeness (QED) is 0.157. The highest BCUT2D eigenvalue weighted by Crippen LogP contribution is 2.33. The summed E-state index contributed by atoms with van der Waals surface area (Å²) in [6, 6.07) is 28.9. The Bertz CT molecular complexity index is 1590. The number of carbonyl (C=O) groups excluding carboxylic acids is 3. The molecule has 2 saturated heterocycles. The van der Waals surface area contributed by atoms with Gasteiger partial charge in [0.1, 0.15) is 43.2 Å². The second-order valence-corrected chi connectivity index (χ2v) is 12.9. The first-order valence-corrected chi connectivity index (χ1v) is 17.7. The number of ether oxygens (including phenoxy) is 10. The molecule has 0 aromatic heterocycles. The molecule has 0 bridgehead atoms. The molecule has 54 heavy (non-hydrogen) atoms. The van der Waals surface area contributed by atoms with Gasteiger partial charge in [-0.25, -0.2) is 0 Å². The van der Waals surface area contributed by atoms with Crippen LogP contribution in [0.1, 0.15) is 37.5 Å². The van der Waals surface area contributed by atoms with Gasteiger partial charge in [0.15, 0.2) is 24.8 Å². The molecule has 2 aliphatic heterocycles. The van der Waals surface area contributed by atoms with Crippen molar-refractivity contribution < 1.29 is 66.9 Å². The summed E-state index contributed by atoms with van der Waals surface area (Å²) in [6.07, 6.45) is -11.2. The van der Waals surface area contributed by atoms with Crippen molar-refractivity contribution in [2.24, 2.45) is 0 Å². The van der Waals surface area contributed by atoms with Crippen molar-refractivity contribution >= 4 is 17.9 Å². The van der Waals surface area contributed by atoms with Crippen LogP contribution in [0.4, 0.5) is 0 Å². The van der Waals surface area contributed by atoms with Crippen molar-refractivity contribution in [1.82, 2.24) is 0 Å². The van der Waals surface area contributed by atoms with E-state index in [0.29, 0.717) is 0 Å². The van der Waals surface area contributed by atoms with E-state index in [0.717, 1.165) is 30.5 Å². The smallest absolute Gasteiger partial charge is 0.303 e. The molecule has 3 aromatic rings. The van der Waals surface area contributed by atoms with Crippen LogP contribution >= 0.6 is 0 Å². The van der Waals surface area contributed by atoms with Gasteiger partial charge in [0, 0.05) is 27.9 Å². The van der Waals surface area contributed by atoms with Crippen molar-refractivity contribution in [1.29, 1.82) is 0 Å². The Morgan fingerprint density at radius 3 is 1.46 bits per heavy atom. The summed E-state index contributed by atoms with van der Waals surface area (Å²) in [5.41, 5.74) is 2.75. The summed E-state index contributed by atoms with van der Waals surface area (Å²) in [5.74, 6) is -2.11. The van der Waals surface area contributed by atoms with Crippen molar-refractivity contribution in [3.05, 3.63) is 108 Å². The Balaban J connectivity index is 1.43. The minimum atomic E-state index is -1.63. The van der Waals surface area contributed by atoms with Gasteiger partial charge in [-0.3, -0.25) is 14.4 Å². The molecule has 1 N–H and O–H groups in total. The number of methoxy groups -OCH3 is 1. The Labute approximate surface area is 314 Å². The van der Waals surface area contributed by atoms with Gasteiger partial charge in [0.05, 0.1) is 26.4 Å². The summed E-state index contributed by atoms with van der Waals surface area (Å²) in [7, 11) is 1.49. The molecule has 10 atom stereocenters. The van der Waals surface area contributed by atoms with Crippen LogP contribution in [-0.2, 0) is 81.6 Å². The monoisotopic (exact) mass is 752 g/mol. The summed E-state index contributed by atoms with van der Waals surface area (Å²) in [5, 5.41) is 11.4. The molecule has 0 spiro atoms. The lowest BCUT2D eigenvalue weighted by Gasteiger charge is -2.46. The number of rotatable bonds is 17. The van der Waals surface area contributed by atoms with Crippen LogP contribution in [0.3, 0.4) is 0 Å². The zero-order chi connectivity index (χ0) is 38.5. The lowest BCUT2D eigenvalue weighted by molar-refractivity contribution is -0.342. The summed E-state index contributed by atoms with van der Waals surface area (Å²) in [6.45, 7) is 3.50. The van der Waals surface area contributed by atoms with E-state index in [-0.39, 0.29) is 33.0 Å². The molecule has 0 amide bonds. The third-order valence-electron chi connectivity index (χ3n) is 8.77. The number of aliphatic hydroxyl groups excluding tert-OH is 1. The minimum Gasteiger partial charge on any atom is -0.463 e. The Morgan fingerprint density at radius 2 is 0.981 bits per heavy atom. The molecular weight excluding hydrogens is 704 g/mol. The lowest BCUT2D eigenvalue weighted by Crippen LogP contribution is -2.64. The van der Waals surface area contributed by atoms with Crippen molar-refractivity contribution in [3.63, 3.8) is 0 Å². The van der Waals surface area contributed by atoms with Crippen LogP contribution in [0.2, 0.25) is 0 Å². The zero-order valence-corrected chi connectivity index (χ0v) is 30.7. The maximum absolute atomic E-state index is 12.1. The second-order valence-electron chi connectivity index (χ2n) is 12.9. The van der Waals surface area contributed by atoms with Gasteiger partial charge in [-0.2, -0.15) is 0 Å². The fraction of sp³-hybridized carbons (Fsp3) is 0.475. The predicted octanol–water partition coefficient (Wildman–Crippen LogP) is 3.64. The van der Waals surface area contributed by atoms with E-state index >= 15 is 0 Å². The maximum Gasteiger partial charge on any atom is 0.303 e. The van der Waals surface area contributed by atoms with Gasteiger partial charge < -0.3 is 52.5 Å². The average molecular weight is 753 g/mol. The number of hydrogen-bond acceptors (Lipinski definition) is 14. The van der Waals surface area contributed by atoms with Gasteiger partial charge in [-0.05, 0) is 16.7 Å². The standard InChI is InChI=1S/C40H48O14/c1-25(41)46-23-32-35(51-26(2)42)36(52-27(3)43)33(44)39(53-32)50-24-31-34(47-20-28-14-8-5-9-15-28)37(48-21-29-16-10-6-11-17-29)38(40(45-4)54-31)49-22-30-18-12-7-13-19-30/h5-19,31-40,44H,20-24H2,1-4H3/t31-,32-,33-,34-,35-,36-,37+,38-,39-,40+/m1/s1. The minimum absolute atomic E-state index is 0.186. The molecule has 0 saturated carbocycles. The van der Waals surface area contributed by atoms with Gasteiger partial charge in [-0.1, -0.05) is 91.0 Å². The molecule has 2 aliphatic rings. The van der Waals surface area contributed by atoms with Crippen LogP contribution in [0.15, 0.2) is 91.0 Å². The Morgan fingerprint density at radius 1 is 0.537 bits per heavy atom. The normalized spacial score (nSPS) is 28.2. The topological polar surface area (TPSA) is 164 Å². The highest BCUT2D eigenvalue weighted by atomic mass is 16.7. The van der Waals surface area contributed by atoms with Gasteiger partial charge >= 0.3 is 17.9 Å². The number of aliphatic hydroxyl groups is 1. The highest BCUT2D eigenvalue weighted by Gasteiger charge is 2.52. The second kappa shape index (κ2) is 20.4. The van der Waals surface area contributed by atoms with E-state index < -0.39 is 79.3 Å². The number of carbonyl (C=O) groups is 3. The molecule has 3 aromatic carbocycles. The summed E-state index contributed by atoms with van der Waals surface area (Å²) in [4.78, 5) is 35.9. The molecule has 0 aliphatic carbocycles. The van der Waals surface area contributed by atoms with Crippen LogP contribution < -0.4 is 0 Å². The zero-order valence-electron chi connectivity index (χ0n) is 30.7. The first-order valence-electron chi connectivity index (χ1n) is 17.7. The summed E-state index contributed by atoms with van der Waals surface area (Å²) < 4.78 is 60.2. The molecule has 0 radical (unpaired) electrons.